The van der Waals surface area contributed by atoms with Crippen LogP contribution in [0, 0.1) is 0 Å². The van der Waals surface area contributed by atoms with Gasteiger partial charge in [0, 0.05) is 12.0 Å². The Morgan fingerprint density at radius 3 is 2.48 bits per heavy atom. The van der Waals surface area contributed by atoms with E-state index in [-0.39, 0.29) is 5.57 Å². The number of hydrogen-bond donors (Lipinski definition) is 0. The number of rotatable bonds is 8. The molecule has 5 nitrogen and oxygen atoms in total. The van der Waals surface area contributed by atoms with Crippen molar-refractivity contribution < 1.29 is 24.1 Å². The molecule has 1 aromatic carbocycles. The van der Waals surface area contributed by atoms with Crippen molar-refractivity contribution in [3.05, 3.63) is 48.0 Å². The van der Waals surface area contributed by atoms with Gasteiger partial charge in [0.25, 0.3) is 0 Å². The number of hydrogen-bond acceptors (Lipinski definition) is 5. The van der Waals surface area contributed by atoms with E-state index in [1.165, 1.54) is 6.92 Å². The largest absolute Gasteiger partial charge is 0.428 e. The SMILES string of the molecule is C=C(C)C(=O)OC(CCCC)OOC(=O)c1ccccc1. The second kappa shape index (κ2) is 8.92. The van der Waals surface area contributed by atoms with Gasteiger partial charge in [0.2, 0.25) is 6.29 Å². The number of esters is 1. The Hall–Kier alpha value is -2.14. The van der Waals surface area contributed by atoms with Crippen molar-refractivity contribution in [3.8, 4) is 0 Å². The van der Waals surface area contributed by atoms with Crippen LogP contribution < -0.4 is 0 Å². The summed E-state index contributed by atoms with van der Waals surface area (Å²) < 4.78 is 5.06. The Kier molecular flexibility index (Phi) is 7.18. The summed E-state index contributed by atoms with van der Waals surface area (Å²) >= 11 is 0. The first kappa shape index (κ1) is 16.9. The van der Waals surface area contributed by atoms with Gasteiger partial charge in [-0.05, 0) is 25.5 Å². The molecule has 0 aliphatic rings. The molecule has 0 radical (unpaired) electrons. The maximum atomic E-state index is 11.7. The third-order valence-corrected chi connectivity index (χ3v) is 2.62. The summed E-state index contributed by atoms with van der Waals surface area (Å²) in [7, 11) is 0. The fraction of sp³-hybridized carbons (Fsp3) is 0.375. The molecule has 0 aliphatic heterocycles. The van der Waals surface area contributed by atoms with Crippen LogP contribution in [0.15, 0.2) is 42.5 Å². The highest BCUT2D eigenvalue weighted by Gasteiger charge is 2.19. The van der Waals surface area contributed by atoms with Crippen LogP contribution in [0.3, 0.4) is 0 Å². The quantitative estimate of drug-likeness (QED) is 0.241. The summed E-state index contributed by atoms with van der Waals surface area (Å²) in [5, 5.41) is 0. The lowest BCUT2D eigenvalue weighted by molar-refractivity contribution is -0.331. The Labute approximate surface area is 124 Å². The topological polar surface area (TPSA) is 61.8 Å². The molecule has 0 bridgehead atoms. The summed E-state index contributed by atoms with van der Waals surface area (Å²) in [6.07, 6.45) is 1.19. The first-order valence-corrected chi connectivity index (χ1v) is 6.83. The van der Waals surface area contributed by atoms with Crippen molar-refractivity contribution in [2.45, 2.75) is 39.4 Å². The highest BCUT2D eigenvalue weighted by Crippen LogP contribution is 2.11. The number of ether oxygens (including phenoxy) is 1. The summed E-state index contributed by atoms with van der Waals surface area (Å²) in [6.45, 7) is 7.02. The van der Waals surface area contributed by atoms with Crippen LogP contribution in [-0.2, 0) is 19.3 Å². The Bertz CT molecular complexity index is 481. The second-order valence-corrected chi connectivity index (χ2v) is 4.59. The van der Waals surface area contributed by atoms with Crippen LogP contribution in [0.1, 0.15) is 43.5 Å². The van der Waals surface area contributed by atoms with Gasteiger partial charge in [0.15, 0.2) is 0 Å². The van der Waals surface area contributed by atoms with Crippen LogP contribution in [-0.4, -0.2) is 18.2 Å². The summed E-state index contributed by atoms with van der Waals surface area (Å²) in [5.74, 6) is -1.21. The molecule has 0 spiro atoms. The lowest BCUT2D eigenvalue weighted by atomic mass is 10.2. The minimum Gasteiger partial charge on any atom is -0.428 e. The molecule has 1 atom stereocenters. The first-order chi connectivity index (χ1) is 10.0. The molecule has 0 heterocycles. The molecule has 114 valence electrons. The average molecular weight is 292 g/mol. The predicted molar refractivity (Wildman–Crippen MR) is 77.2 cm³/mol. The molecular formula is C16H20O5. The van der Waals surface area contributed by atoms with Gasteiger partial charge in [-0.1, -0.05) is 38.1 Å². The number of carbonyl (C=O) groups is 2. The zero-order valence-electron chi connectivity index (χ0n) is 12.3. The van der Waals surface area contributed by atoms with Crippen molar-refractivity contribution in [3.63, 3.8) is 0 Å². The number of unbranched alkanes of at least 4 members (excludes halogenated alkanes) is 1. The van der Waals surface area contributed by atoms with Gasteiger partial charge in [-0.3, -0.25) is 4.89 Å². The Morgan fingerprint density at radius 1 is 1.24 bits per heavy atom. The van der Waals surface area contributed by atoms with Crippen LogP contribution in [0.4, 0.5) is 0 Å². The van der Waals surface area contributed by atoms with Crippen LogP contribution in [0.5, 0.6) is 0 Å². The minimum absolute atomic E-state index is 0.259. The third-order valence-electron chi connectivity index (χ3n) is 2.62. The van der Waals surface area contributed by atoms with Gasteiger partial charge in [0.1, 0.15) is 0 Å². The Morgan fingerprint density at radius 2 is 1.90 bits per heavy atom. The molecule has 0 aromatic heterocycles. The highest BCUT2D eigenvalue weighted by molar-refractivity contribution is 5.89. The van der Waals surface area contributed by atoms with Gasteiger partial charge in [-0.25, -0.2) is 9.59 Å². The van der Waals surface area contributed by atoms with Crippen molar-refractivity contribution in [2.75, 3.05) is 0 Å². The summed E-state index contributed by atoms with van der Waals surface area (Å²) in [5.41, 5.74) is 0.618. The van der Waals surface area contributed by atoms with Crippen LogP contribution in [0.2, 0.25) is 0 Å². The molecule has 1 unspecified atom stereocenters. The van der Waals surface area contributed by atoms with E-state index in [0.717, 1.165) is 12.8 Å². The van der Waals surface area contributed by atoms with Gasteiger partial charge in [-0.2, -0.15) is 0 Å². The molecule has 0 amide bonds. The van der Waals surface area contributed by atoms with Crippen molar-refractivity contribution in [1.82, 2.24) is 0 Å². The van der Waals surface area contributed by atoms with E-state index in [9.17, 15) is 9.59 Å². The van der Waals surface area contributed by atoms with E-state index in [1.807, 2.05) is 6.92 Å². The molecule has 0 fully saturated rings. The van der Waals surface area contributed by atoms with E-state index in [0.29, 0.717) is 12.0 Å². The zero-order valence-corrected chi connectivity index (χ0v) is 12.3. The van der Waals surface area contributed by atoms with E-state index >= 15 is 0 Å². The van der Waals surface area contributed by atoms with Gasteiger partial charge in [0.05, 0.1) is 5.56 Å². The third kappa shape index (κ3) is 6.23. The lowest BCUT2D eigenvalue weighted by Gasteiger charge is -2.16. The van der Waals surface area contributed by atoms with Gasteiger partial charge in [-0.15, -0.1) is 4.89 Å². The van der Waals surface area contributed by atoms with Crippen molar-refractivity contribution in [1.29, 1.82) is 0 Å². The van der Waals surface area contributed by atoms with Crippen LogP contribution >= 0.6 is 0 Å². The molecular weight excluding hydrogens is 272 g/mol. The monoisotopic (exact) mass is 292 g/mol. The molecule has 5 heteroatoms. The predicted octanol–water partition coefficient (Wildman–Crippen LogP) is 3.41. The smallest absolute Gasteiger partial charge is 0.373 e. The number of carbonyl (C=O) groups excluding carboxylic acids is 2. The van der Waals surface area contributed by atoms with Crippen molar-refractivity contribution in [2.24, 2.45) is 0 Å². The molecule has 0 saturated carbocycles. The van der Waals surface area contributed by atoms with E-state index < -0.39 is 18.2 Å². The molecule has 0 N–H and O–H groups in total. The molecule has 21 heavy (non-hydrogen) atoms. The van der Waals surface area contributed by atoms with Gasteiger partial charge >= 0.3 is 11.9 Å². The van der Waals surface area contributed by atoms with E-state index in [2.05, 4.69) is 6.58 Å². The summed E-state index contributed by atoms with van der Waals surface area (Å²) in [6, 6.07) is 8.42. The first-order valence-electron chi connectivity index (χ1n) is 6.83. The molecule has 1 aromatic rings. The minimum atomic E-state index is -0.929. The normalized spacial score (nSPS) is 11.5. The standard InChI is InChI=1S/C16H20O5/c1-4-5-11-14(19-15(17)12(2)3)20-21-16(18)13-9-7-6-8-10-13/h6-10,14H,2,4-5,11H2,1,3H3. The van der Waals surface area contributed by atoms with E-state index in [1.54, 1.807) is 30.3 Å². The number of benzene rings is 1. The summed E-state index contributed by atoms with van der Waals surface area (Å²) in [4.78, 5) is 32.9. The van der Waals surface area contributed by atoms with Gasteiger partial charge < -0.3 is 4.74 Å². The molecule has 0 saturated heterocycles. The van der Waals surface area contributed by atoms with Crippen molar-refractivity contribution >= 4 is 11.9 Å². The second-order valence-electron chi connectivity index (χ2n) is 4.59. The maximum absolute atomic E-state index is 11.7. The highest BCUT2D eigenvalue weighted by atomic mass is 17.2. The van der Waals surface area contributed by atoms with E-state index in [4.69, 9.17) is 14.5 Å². The molecule has 1 rings (SSSR count). The Balaban J connectivity index is 2.54. The fourth-order valence-corrected chi connectivity index (χ4v) is 1.44. The zero-order chi connectivity index (χ0) is 15.7. The fourth-order valence-electron chi connectivity index (χ4n) is 1.44. The van der Waals surface area contributed by atoms with Crippen LogP contribution in [0.25, 0.3) is 0 Å². The molecule has 0 aliphatic carbocycles. The lowest BCUT2D eigenvalue weighted by Crippen LogP contribution is -2.23. The maximum Gasteiger partial charge on any atom is 0.373 e. The average Bonchev–Trinajstić information content (AvgIpc) is 2.50.